The fourth-order valence-electron chi connectivity index (χ4n) is 1.41. The van der Waals surface area contributed by atoms with Crippen LogP contribution in [-0.4, -0.2) is 32.4 Å². The van der Waals surface area contributed by atoms with Gasteiger partial charge in [0.25, 0.3) is 17.0 Å². The summed E-state index contributed by atoms with van der Waals surface area (Å²) < 4.78 is 86.8. The Morgan fingerprint density at radius 3 is 1.86 bits per heavy atom. The van der Waals surface area contributed by atoms with E-state index < -0.39 is 51.9 Å². The average molecular weight is 744 g/mol. The largest absolute Gasteiger partial charge is 1.00 e. The van der Waals surface area contributed by atoms with E-state index in [1.165, 1.54) is 24.7 Å². The number of carbonyl (C=O) groups excluding carboxylic acids is 1. The van der Waals surface area contributed by atoms with E-state index in [2.05, 4.69) is 51.5 Å². The fourth-order valence-corrected chi connectivity index (χ4v) is 2.02. The van der Waals surface area contributed by atoms with Gasteiger partial charge in [0.15, 0.2) is 17.5 Å². The van der Waals surface area contributed by atoms with Crippen molar-refractivity contribution in [2.75, 3.05) is 0 Å². The number of H-pyrrole nitrogens is 2. The van der Waals surface area contributed by atoms with Crippen LogP contribution in [0.5, 0.6) is 5.88 Å². The van der Waals surface area contributed by atoms with Crippen molar-refractivity contribution in [2.24, 2.45) is 0 Å². The Morgan fingerprint density at radius 1 is 1.00 bits per heavy atom. The van der Waals surface area contributed by atoms with Gasteiger partial charge in [0.2, 0.25) is 0 Å². The van der Waals surface area contributed by atoms with E-state index in [9.17, 15) is 40.3 Å². The van der Waals surface area contributed by atoms with Crippen molar-refractivity contribution < 1.29 is 74.9 Å². The van der Waals surface area contributed by atoms with E-state index in [0.717, 1.165) is 18.2 Å². The second-order valence-corrected chi connectivity index (χ2v) is 8.27. The number of aromatic nitrogens is 3. The summed E-state index contributed by atoms with van der Waals surface area (Å²) in [7, 11) is 0. The molecular formula is C18H10Br3F7N3NaO5. The van der Waals surface area contributed by atoms with Crippen LogP contribution in [0.25, 0.3) is 0 Å². The van der Waals surface area contributed by atoms with Crippen molar-refractivity contribution in [3.63, 3.8) is 0 Å². The molecule has 0 spiro atoms. The van der Waals surface area contributed by atoms with Crippen LogP contribution in [0.4, 0.5) is 30.7 Å². The summed E-state index contributed by atoms with van der Waals surface area (Å²) in [5.41, 5.74) is -1.37. The molecule has 0 unspecified atom stereocenters. The number of rotatable bonds is 3. The molecule has 3 rings (SSSR count). The Bertz CT molecular complexity index is 1250. The predicted octanol–water partition coefficient (Wildman–Crippen LogP) is 1.10. The molecule has 2 N–H and O–H groups in total. The number of alkyl halides is 5. The van der Waals surface area contributed by atoms with E-state index in [4.69, 9.17) is 9.90 Å². The molecule has 0 amide bonds. The van der Waals surface area contributed by atoms with E-state index in [1.807, 2.05) is 0 Å². The quantitative estimate of drug-likeness (QED) is 0.235. The summed E-state index contributed by atoms with van der Waals surface area (Å²) in [6.07, 6.45) is 3.93. The zero-order valence-electron chi connectivity index (χ0n) is 17.9. The van der Waals surface area contributed by atoms with Crippen LogP contribution < -0.4 is 50.5 Å². The van der Waals surface area contributed by atoms with E-state index in [1.54, 1.807) is 15.9 Å². The maximum atomic E-state index is 12.7. The molecule has 3 heterocycles. The van der Waals surface area contributed by atoms with Gasteiger partial charge in [0.1, 0.15) is 5.97 Å². The van der Waals surface area contributed by atoms with Crippen LogP contribution in [-0.2, 0) is 4.79 Å². The number of nitrogens with zero attached hydrogens (tertiary/aromatic N) is 1. The van der Waals surface area contributed by atoms with Gasteiger partial charge in [-0.1, -0.05) is 0 Å². The molecule has 37 heavy (non-hydrogen) atoms. The summed E-state index contributed by atoms with van der Waals surface area (Å²) in [6, 6.07) is 4.64. The molecule has 0 fully saturated rings. The number of nitrogens with one attached hydrogen (secondary N) is 2. The first-order valence-corrected chi connectivity index (χ1v) is 10.8. The van der Waals surface area contributed by atoms with Gasteiger partial charge in [-0.2, -0.15) is 17.6 Å². The number of halogens is 10. The number of carboxylic acids is 1. The molecule has 0 radical (unpaired) electrons. The minimum absolute atomic E-state index is 0. The number of hydrogen-bond acceptors (Lipinski definition) is 6. The van der Waals surface area contributed by atoms with Crippen molar-refractivity contribution in [3.05, 3.63) is 90.0 Å². The first-order chi connectivity index (χ1) is 16.5. The van der Waals surface area contributed by atoms with Crippen LogP contribution >= 0.6 is 47.8 Å². The molecule has 0 aliphatic carbocycles. The minimum atomic E-state index is -3.88. The van der Waals surface area contributed by atoms with Crippen LogP contribution in [0.1, 0.15) is 0 Å². The molecule has 8 nitrogen and oxygen atoms in total. The number of aliphatic carboxylic acids is 1. The molecule has 0 bridgehead atoms. The van der Waals surface area contributed by atoms with Crippen molar-refractivity contribution in [2.45, 2.75) is 11.4 Å². The monoisotopic (exact) mass is 741 g/mol. The summed E-state index contributed by atoms with van der Waals surface area (Å²) in [5.74, 6) is -5.57. The van der Waals surface area contributed by atoms with Crippen LogP contribution in [0.15, 0.2) is 61.4 Å². The zero-order valence-corrected chi connectivity index (χ0v) is 24.6. The Kier molecular flexibility index (Phi) is 18.7. The standard InChI is InChI=1S/C6H3BrF3NO.C5H3BrFNO.C5H4FNO.C2HBrF2O2.Na/c7-3-1-4(8)5(11-2-3)12-6(9)10;6-3-1-4(7)5(9)8-2-3;6-4-2-1-3-7-5(4)8;3-2(4,5)1(6)7;/h1-2,6H;1-2H,(H,8,9);1-3H,(H,7,8);(H,6,7);/q;;;;+1/p-1. The van der Waals surface area contributed by atoms with Gasteiger partial charge >= 0.3 is 41.0 Å². The van der Waals surface area contributed by atoms with Gasteiger partial charge < -0.3 is 24.6 Å². The van der Waals surface area contributed by atoms with Gasteiger partial charge in [-0.05, 0) is 72.1 Å². The normalized spacial score (nSPS) is 9.81. The molecule has 0 saturated carbocycles. The van der Waals surface area contributed by atoms with E-state index in [-0.39, 0.29) is 29.6 Å². The number of carbonyl (C=O) groups is 1. The average Bonchev–Trinajstić information content (AvgIpc) is 2.76. The maximum absolute atomic E-state index is 12.7. The molecule has 3 aromatic heterocycles. The third-order valence-corrected chi connectivity index (χ3v) is 4.01. The topological polar surface area (TPSA) is 128 Å². The second kappa shape index (κ2) is 18.5. The van der Waals surface area contributed by atoms with Gasteiger partial charge in [0.05, 0.1) is 0 Å². The van der Waals surface area contributed by atoms with Gasteiger partial charge in [-0.15, -0.1) is 0 Å². The molecular weight excluding hydrogens is 734 g/mol. The zero-order chi connectivity index (χ0) is 28.1. The number of carboxylic acid groups (broad SMARTS) is 1. The third-order valence-electron chi connectivity index (χ3n) is 2.80. The van der Waals surface area contributed by atoms with Gasteiger partial charge in [-0.3, -0.25) is 9.59 Å². The minimum Gasteiger partial charge on any atom is -0.543 e. The maximum Gasteiger partial charge on any atom is 1.00 e. The number of hydrogen-bond donors (Lipinski definition) is 2. The Labute approximate surface area is 249 Å². The molecule has 0 atom stereocenters. The smallest absolute Gasteiger partial charge is 0.543 e. The molecule has 0 aliphatic heterocycles. The first kappa shape index (κ1) is 37.4. The SMILES string of the molecule is Fc1cc(Br)cnc1OC(F)F.O=C([O-])C(F)(F)Br.O=c1[nH]cc(Br)cc1F.O=c1[nH]cccc1F.[Na+]. The molecule has 0 saturated heterocycles. The summed E-state index contributed by atoms with van der Waals surface area (Å²) in [4.78, 5) is 33.4. The van der Waals surface area contributed by atoms with Crippen LogP contribution in [0, 0.1) is 17.5 Å². The third kappa shape index (κ3) is 17.4. The molecule has 0 aromatic carbocycles. The Morgan fingerprint density at radius 2 is 1.51 bits per heavy atom. The van der Waals surface area contributed by atoms with E-state index in [0.29, 0.717) is 8.95 Å². The van der Waals surface area contributed by atoms with Crippen molar-refractivity contribution in [1.29, 1.82) is 0 Å². The second-order valence-electron chi connectivity index (χ2n) is 5.45. The molecule has 3 aromatic rings. The summed E-state index contributed by atoms with van der Waals surface area (Å²) in [6.45, 7) is -3.06. The van der Waals surface area contributed by atoms with Gasteiger partial charge in [0, 0.05) is 27.5 Å². The molecule has 198 valence electrons. The number of pyridine rings is 3. The summed E-state index contributed by atoms with van der Waals surface area (Å²) in [5, 5.41) is 9.11. The number of aromatic amines is 2. The molecule has 0 aliphatic rings. The van der Waals surface area contributed by atoms with Crippen LogP contribution in [0.2, 0.25) is 0 Å². The van der Waals surface area contributed by atoms with Crippen LogP contribution in [0.3, 0.4) is 0 Å². The van der Waals surface area contributed by atoms with Crippen molar-refractivity contribution >= 4 is 53.8 Å². The van der Waals surface area contributed by atoms with E-state index >= 15 is 0 Å². The van der Waals surface area contributed by atoms with Gasteiger partial charge in [-0.25, -0.2) is 18.2 Å². The fraction of sp³-hybridized carbons (Fsp3) is 0.111. The first-order valence-electron chi connectivity index (χ1n) is 8.45. The van der Waals surface area contributed by atoms with Crippen molar-refractivity contribution in [1.82, 2.24) is 15.0 Å². The summed E-state index contributed by atoms with van der Waals surface area (Å²) >= 11 is 7.45. The molecule has 19 heteroatoms. The van der Waals surface area contributed by atoms with Crippen molar-refractivity contribution in [3.8, 4) is 5.88 Å². The predicted molar refractivity (Wildman–Crippen MR) is 119 cm³/mol. The number of ether oxygens (including phenoxy) is 1. The Hall–Kier alpha value is -1.73. The Balaban J connectivity index is 0.